The van der Waals surface area contributed by atoms with Crippen LogP contribution >= 0.6 is 0 Å². The van der Waals surface area contributed by atoms with Crippen molar-refractivity contribution in [1.29, 1.82) is 0 Å². The van der Waals surface area contributed by atoms with Gasteiger partial charge >= 0.3 is 19.5 Å². The Hall–Kier alpha value is 0.323. The van der Waals surface area contributed by atoms with Crippen molar-refractivity contribution in [3.63, 3.8) is 0 Å². The monoisotopic (exact) mass is 218 g/mol. The second kappa shape index (κ2) is 11.2. The van der Waals surface area contributed by atoms with Gasteiger partial charge in [0.15, 0.2) is 0 Å². The van der Waals surface area contributed by atoms with E-state index in [1.165, 1.54) is 0 Å². The SMILES string of the molecule is CS(=O)(=O)O.F.[F-].[F-].[Zn+2]. The fourth-order valence-electron chi connectivity index (χ4n) is 0. The maximum absolute atomic E-state index is 9.19. The van der Waals surface area contributed by atoms with Gasteiger partial charge in [-0.1, -0.05) is 0 Å². The van der Waals surface area contributed by atoms with Gasteiger partial charge in [0.25, 0.3) is 10.1 Å². The molecule has 0 aromatic rings. The summed E-state index contributed by atoms with van der Waals surface area (Å²) in [6.45, 7) is 0. The summed E-state index contributed by atoms with van der Waals surface area (Å²) in [5.74, 6) is 0. The van der Waals surface area contributed by atoms with Crippen molar-refractivity contribution in [1.82, 2.24) is 0 Å². The maximum Gasteiger partial charge on any atom is 2.00 e. The van der Waals surface area contributed by atoms with Gasteiger partial charge in [0.2, 0.25) is 0 Å². The third kappa shape index (κ3) is 3180. The van der Waals surface area contributed by atoms with Crippen LogP contribution in [0.2, 0.25) is 0 Å². The van der Waals surface area contributed by atoms with Crippen LogP contribution in [0.1, 0.15) is 0 Å². The molecular weight excluding hydrogens is 214 g/mol. The Morgan fingerprint density at radius 2 is 1.22 bits per heavy atom. The molecule has 0 aromatic heterocycles. The Morgan fingerprint density at radius 3 is 1.22 bits per heavy atom. The van der Waals surface area contributed by atoms with Crippen LogP contribution in [0.5, 0.6) is 0 Å². The van der Waals surface area contributed by atoms with Gasteiger partial charge in [-0.05, 0) is 0 Å². The minimum atomic E-state index is -3.67. The van der Waals surface area contributed by atoms with E-state index in [-0.39, 0.29) is 33.6 Å². The molecule has 0 fully saturated rings. The minimum Gasteiger partial charge on any atom is -1.00 e. The molecule has 56 valence electrons. The summed E-state index contributed by atoms with van der Waals surface area (Å²) in [6.07, 6.45) is 0.715. The van der Waals surface area contributed by atoms with Gasteiger partial charge in [-0.2, -0.15) is 8.42 Å². The Balaban J connectivity index is -0.0000000133. The molecule has 0 amide bonds. The van der Waals surface area contributed by atoms with E-state index in [4.69, 9.17) is 4.55 Å². The van der Waals surface area contributed by atoms with Gasteiger partial charge in [-0.15, -0.1) is 0 Å². The molecule has 9 heavy (non-hydrogen) atoms. The van der Waals surface area contributed by atoms with Crippen LogP contribution in [0, 0.1) is 0 Å². The Kier molecular flexibility index (Phi) is 42.9. The third-order valence-corrected chi connectivity index (χ3v) is 0. The molecule has 0 spiro atoms. The molecule has 0 atom stereocenters. The van der Waals surface area contributed by atoms with Crippen molar-refractivity contribution >= 4 is 10.1 Å². The standard InChI is InChI=1S/CH4O3S.3FH.Zn/c1-5(2,3)4;;;;/h1H3,(H,2,3,4);3*1H;/q;;;;+2/p-2. The van der Waals surface area contributed by atoms with E-state index in [1.807, 2.05) is 0 Å². The Morgan fingerprint density at radius 1 is 1.22 bits per heavy atom. The molecule has 0 aromatic carbocycles. The molecule has 3 nitrogen and oxygen atoms in total. The second-order valence-corrected chi connectivity index (χ2v) is 2.20. The molecule has 0 unspecified atom stereocenters. The Labute approximate surface area is 63.4 Å². The Bertz CT molecular complexity index is 102. The van der Waals surface area contributed by atoms with E-state index < -0.39 is 10.1 Å². The topological polar surface area (TPSA) is 54.4 Å². The number of hydrogen-bond donors (Lipinski definition) is 1. The number of hydrogen-bond acceptors (Lipinski definition) is 2. The fourth-order valence-corrected chi connectivity index (χ4v) is 0. The van der Waals surface area contributed by atoms with Gasteiger partial charge in [0, 0.05) is 0 Å². The molecule has 0 aliphatic heterocycles. The summed E-state index contributed by atoms with van der Waals surface area (Å²) < 4.78 is 25.9. The molecular formula is CH5F3O3SZn. The normalized spacial score (nSPS) is 6.44. The van der Waals surface area contributed by atoms with E-state index in [0.717, 1.165) is 0 Å². The summed E-state index contributed by atoms with van der Waals surface area (Å²) >= 11 is 0. The number of halogens is 3. The zero-order valence-electron chi connectivity index (χ0n) is 4.54. The van der Waals surface area contributed by atoms with Crippen LogP contribution in [-0.4, -0.2) is 19.2 Å². The van der Waals surface area contributed by atoms with Crippen LogP contribution in [0.3, 0.4) is 0 Å². The average molecular weight is 219 g/mol. The van der Waals surface area contributed by atoms with Crippen molar-refractivity contribution in [2.24, 2.45) is 0 Å². The molecule has 0 aliphatic rings. The van der Waals surface area contributed by atoms with E-state index in [9.17, 15) is 8.42 Å². The van der Waals surface area contributed by atoms with E-state index in [1.54, 1.807) is 0 Å². The number of rotatable bonds is 0. The molecule has 0 radical (unpaired) electrons. The van der Waals surface area contributed by atoms with Crippen molar-refractivity contribution in [3.8, 4) is 0 Å². The first-order valence-electron chi connectivity index (χ1n) is 0.924. The first-order chi connectivity index (χ1) is 2.00. The fraction of sp³-hybridized carbons (Fsp3) is 1.00. The van der Waals surface area contributed by atoms with Crippen LogP contribution < -0.4 is 9.41 Å². The molecule has 0 heterocycles. The van der Waals surface area contributed by atoms with E-state index in [2.05, 4.69) is 0 Å². The van der Waals surface area contributed by atoms with E-state index >= 15 is 0 Å². The molecule has 0 saturated heterocycles. The molecule has 1 N–H and O–H groups in total. The molecule has 0 rings (SSSR count). The van der Waals surface area contributed by atoms with Gasteiger partial charge < -0.3 is 9.41 Å². The van der Waals surface area contributed by atoms with Gasteiger partial charge in [0.05, 0.1) is 6.26 Å². The third-order valence-electron chi connectivity index (χ3n) is 0. The summed E-state index contributed by atoms with van der Waals surface area (Å²) in [6, 6.07) is 0. The smallest absolute Gasteiger partial charge is 1.00 e. The summed E-state index contributed by atoms with van der Waals surface area (Å²) in [4.78, 5) is 0. The zero-order valence-corrected chi connectivity index (χ0v) is 8.33. The predicted molar refractivity (Wildman–Crippen MR) is 20.0 cm³/mol. The van der Waals surface area contributed by atoms with Gasteiger partial charge in [-0.3, -0.25) is 9.26 Å². The van der Waals surface area contributed by atoms with Crippen molar-refractivity contribution < 1.29 is 46.6 Å². The first kappa shape index (κ1) is 34.6. The summed E-state index contributed by atoms with van der Waals surface area (Å²) in [7, 11) is -3.67. The largest absolute Gasteiger partial charge is 2.00 e. The van der Waals surface area contributed by atoms with Crippen LogP contribution in [0.4, 0.5) is 4.70 Å². The van der Waals surface area contributed by atoms with Crippen LogP contribution in [-0.2, 0) is 29.6 Å². The predicted octanol–water partition coefficient (Wildman–Crippen LogP) is -6.34. The van der Waals surface area contributed by atoms with Gasteiger partial charge in [0.1, 0.15) is 0 Å². The first-order valence-corrected chi connectivity index (χ1v) is 2.77. The maximum atomic E-state index is 9.19. The van der Waals surface area contributed by atoms with Crippen LogP contribution in [0.25, 0.3) is 0 Å². The molecule has 0 aliphatic carbocycles. The van der Waals surface area contributed by atoms with Crippen molar-refractivity contribution in [2.45, 2.75) is 0 Å². The molecule has 8 heteroatoms. The molecule has 0 bridgehead atoms. The minimum absolute atomic E-state index is 0. The van der Waals surface area contributed by atoms with E-state index in [0.29, 0.717) is 6.26 Å². The summed E-state index contributed by atoms with van der Waals surface area (Å²) in [5.41, 5.74) is 0. The second-order valence-electron chi connectivity index (χ2n) is 0.733. The summed E-state index contributed by atoms with van der Waals surface area (Å²) in [5, 5.41) is 0. The van der Waals surface area contributed by atoms with Gasteiger partial charge in [-0.25, -0.2) is 0 Å². The van der Waals surface area contributed by atoms with Crippen molar-refractivity contribution in [2.75, 3.05) is 6.26 Å². The van der Waals surface area contributed by atoms with Crippen molar-refractivity contribution in [3.05, 3.63) is 0 Å². The van der Waals surface area contributed by atoms with Crippen LogP contribution in [0.15, 0.2) is 0 Å². The zero-order chi connectivity index (χ0) is 4.50. The molecule has 0 saturated carbocycles. The quantitative estimate of drug-likeness (QED) is 0.326. The average Bonchev–Trinajstić information content (AvgIpc) is 0.722.